The lowest BCUT2D eigenvalue weighted by Gasteiger charge is -2.31. The van der Waals surface area contributed by atoms with Gasteiger partial charge in [0.2, 0.25) is 0 Å². The van der Waals surface area contributed by atoms with Crippen molar-refractivity contribution >= 4 is 33.2 Å². The number of amides is 1. The number of hydrogen-bond donors (Lipinski definition) is 2. The second-order valence-electron chi connectivity index (χ2n) is 4.93. The Morgan fingerprint density at radius 2 is 2.28 bits per heavy atom. The molecule has 1 fully saturated rings. The van der Waals surface area contributed by atoms with Crippen molar-refractivity contribution in [1.82, 2.24) is 5.32 Å². The van der Waals surface area contributed by atoms with Crippen molar-refractivity contribution in [2.24, 2.45) is 11.7 Å². The van der Waals surface area contributed by atoms with E-state index in [1.54, 1.807) is 0 Å². The average molecular weight is 331 g/mol. The third-order valence-corrected chi connectivity index (χ3v) is 5.74. The minimum atomic E-state index is 0.0409. The molecule has 0 aliphatic heterocycles. The van der Waals surface area contributed by atoms with Crippen LogP contribution in [0.25, 0.3) is 0 Å². The van der Waals surface area contributed by atoms with E-state index >= 15 is 0 Å². The van der Waals surface area contributed by atoms with Crippen molar-refractivity contribution in [2.75, 3.05) is 6.54 Å². The molecule has 0 aromatic carbocycles. The largest absolute Gasteiger partial charge is 0.348 e. The first kappa shape index (κ1) is 14.0. The normalized spacial score (nSPS) is 23.9. The fourth-order valence-electron chi connectivity index (χ4n) is 2.49. The molecule has 2 atom stereocenters. The summed E-state index contributed by atoms with van der Waals surface area (Å²) in [6.45, 7) is 2.67. The van der Waals surface area contributed by atoms with Gasteiger partial charge in [0.1, 0.15) is 0 Å². The van der Waals surface area contributed by atoms with Crippen molar-refractivity contribution in [3.8, 4) is 0 Å². The maximum atomic E-state index is 12.2. The molecule has 1 heterocycles. The second kappa shape index (κ2) is 6.17. The Kier molecular flexibility index (Phi) is 4.81. The van der Waals surface area contributed by atoms with Crippen molar-refractivity contribution in [3.05, 3.63) is 20.3 Å². The van der Waals surface area contributed by atoms with Crippen LogP contribution in [0.5, 0.6) is 0 Å². The first-order chi connectivity index (χ1) is 8.61. The quantitative estimate of drug-likeness (QED) is 0.894. The molecule has 0 spiro atoms. The van der Waals surface area contributed by atoms with E-state index in [9.17, 15) is 4.79 Å². The molecule has 0 unspecified atom stereocenters. The van der Waals surface area contributed by atoms with Gasteiger partial charge in [-0.25, -0.2) is 0 Å². The molecule has 1 aliphatic rings. The maximum Gasteiger partial charge on any atom is 0.261 e. The number of carbonyl (C=O) groups excluding carboxylic acids is 1. The summed E-state index contributed by atoms with van der Waals surface area (Å²) in [4.78, 5) is 13.0. The third kappa shape index (κ3) is 3.13. The summed E-state index contributed by atoms with van der Waals surface area (Å²) >= 11 is 4.95. The van der Waals surface area contributed by atoms with E-state index in [4.69, 9.17) is 5.73 Å². The number of thiophene rings is 1. The Morgan fingerprint density at radius 3 is 2.89 bits per heavy atom. The molecule has 1 saturated carbocycles. The monoisotopic (exact) mass is 330 g/mol. The SMILES string of the molecule is Cc1cc(C(=O)N[C@@H]2CCCC[C@H]2CN)sc1Br. The Labute approximate surface area is 120 Å². The first-order valence-electron chi connectivity index (χ1n) is 6.38. The molecule has 0 bridgehead atoms. The van der Waals surface area contributed by atoms with Gasteiger partial charge >= 0.3 is 0 Å². The van der Waals surface area contributed by atoms with E-state index in [1.165, 1.54) is 24.2 Å². The van der Waals surface area contributed by atoms with Crippen LogP contribution in [0.2, 0.25) is 0 Å². The number of nitrogens with one attached hydrogen (secondary N) is 1. The van der Waals surface area contributed by atoms with Gasteiger partial charge in [0.25, 0.3) is 5.91 Å². The summed E-state index contributed by atoms with van der Waals surface area (Å²) in [5.74, 6) is 0.478. The second-order valence-corrected chi connectivity index (χ2v) is 7.30. The van der Waals surface area contributed by atoms with Crippen molar-refractivity contribution in [1.29, 1.82) is 0 Å². The lowest BCUT2D eigenvalue weighted by molar-refractivity contribution is 0.0912. The zero-order chi connectivity index (χ0) is 13.1. The minimum Gasteiger partial charge on any atom is -0.348 e. The van der Waals surface area contributed by atoms with Gasteiger partial charge in [0.05, 0.1) is 8.66 Å². The highest BCUT2D eigenvalue weighted by Gasteiger charge is 2.26. The third-order valence-electron chi connectivity index (χ3n) is 3.61. The van der Waals surface area contributed by atoms with E-state index in [1.807, 2.05) is 13.0 Å². The van der Waals surface area contributed by atoms with Crippen LogP contribution in [0, 0.1) is 12.8 Å². The van der Waals surface area contributed by atoms with Gasteiger partial charge in [0, 0.05) is 6.04 Å². The van der Waals surface area contributed by atoms with Crippen LogP contribution in [-0.4, -0.2) is 18.5 Å². The van der Waals surface area contributed by atoms with E-state index in [0.29, 0.717) is 12.5 Å². The van der Waals surface area contributed by atoms with E-state index in [2.05, 4.69) is 21.2 Å². The summed E-state index contributed by atoms with van der Waals surface area (Å²) in [6, 6.07) is 2.18. The number of hydrogen-bond acceptors (Lipinski definition) is 3. The highest BCUT2D eigenvalue weighted by atomic mass is 79.9. The van der Waals surface area contributed by atoms with Gasteiger partial charge in [-0.3, -0.25) is 4.79 Å². The van der Waals surface area contributed by atoms with Crippen LogP contribution in [0.15, 0.2) is 9.85 Å². The van der Waals surface area contributed by atoms with E-state index < -0.39 is 0 Å². The van der Waals surface area contributed by atoms with E-state index in [0.717, 1.165) is 27.1 Å². The van der Waals surface area contributed by atoms with Crippen LogP contribution in [0.4, 0.5) is 0 Å². The van der Waals surface area contributed by atoms with E-state index in [-0.39, 0.29) is 11.9 Å². The van der Waals surface area contributed by atoms with Gasteiger partial charge in [-0.1, -0.05) is 12.8 Å². The van der Waals surface area contributed by atoms with Crippen molar-refractivity contribution < 1.29 is 4.79 Å². The molecule has 2 rings (SSSR count). The number of rotatable bonds is 3. The summed E-state index contributed by atoms with van der Waals surface area (Å²) in [5.41, 5.74) is 6.90. The number of aryl methyl sites for hydroxylation is 1. The van der Waals surface area contributed by atoms with Crippen LogP contribution in [-0.2, 0) is 0 Å². The van der Waals surface area contributed by atoms with Gasteiger partial charge in [0.15, 0.2) is 0 Å². The molecule has 18 heavy (non-hydrogen) atoms. The highest BCUT2D eigenvalue weighted by Crippen LogP contribution is 2.28. The molecule has 0 radical (unpaired) electrons. The number of carbonyl (C=O) groups is 1. The summed E-state index contributed by atoms with van der Waals surface area (Å²) < 4.78 is 1.03. The highest BCUT2D eigenvalue weighted by molar-refractivity contribution is 9.11. The van der Waals surface area contributed by atoms with Gasteiger partial charge < -0.3 is 11.1 Å². The number of halogens is 1. The number of nitrogens with two attached hydrogens (primary N) is 1. The molecular weight excluding hydrogens is 312 g/mol. The fraction of sp³-hybridized carbons (Fsp3) is 0.615. The molecular formula is C13H19BrN2OS. The van der Waals surface area contributed by atoms with Gasteiger partial charge in [-0.2, -0.15) is 0 Å². The molecule has 1 aliphatic carbocycles. The first-order valence-corrected chi connectivity index (χ1v) is 7.99. The summed E-state index contributed by atoms with van der Waals surface area (Å²) in [6.07, 6.45) is 4.61. The summed E-state index contributed by atoms with van der Waals surface area (Å²) in [5, 5.41) is 3.15. The molecule has 1 aromatic heterocycles. The average Bonchev–Trinajstić information content (AvgIpc) is 2.70. The topological polar surface area (TPSA) is 55.1 Å². The summed E-state index contributed by atoms with van der Waals surface area (Å²) in [7, 11) is 0. The van der Waals surface area contributed by atoms with Crippen LogP contribution >= 0.6 is 27.3 Å². The van der Waals surface area contributed by atoms with Crippen molar-refractivity contribution in [3.63, 3.8) is 0 Å². The minimum absolute atomic E-state index is 0.0409. The predicted molar refractivity (Wildman–Crippen MR) is 79.0 cm³/mol. The maximum absolute atomic E-state index is 12.2. The standard InChI is InChI=1S/C13H19BrN2OS/c1-8-6-11(18-12(8)14)13(17)16-10-5-3-2-4-9(10)7-15/h6,9-10H,2-5,7,15H2,1H3,(H,16,17)/t9-,10+/m0/s1. The Balaban J connectivity index is 2.01. The molecule has 3 nitrogen and oxygen atoms in total. The molecule has 1 aromatic rings. The Hall–Kier alpha value is -0.390. The predicted octanol–water partition coefficient (Wildman–Crippen LogP) is 3.07. The molecule has 1 amide bonds. The van der Waals surface area contributed by atoms with Crippen LogP contribution < -0.4 is 11.1 Å². The Bertz CT molecular complexity index is 413. The Morgan fingerprint density at radius 1 is 1.56 bits per heavy atom. The fourth-order valence-corrected chi connectivity index (χ4v) is 3.93. The van der Waals surface area contributed by atoms with Crippen LogP contribution in [0.1, 0.15) is 40.9 Å². The smallest absolute Gasteiger partial charge is 0.261 e. The lowest BCUT2D eigenvalue weighted by Crippen LogP contribution is -2.44. The zero-order valence-electron chi connectivity index (χ0n) is 10.5. The molecule has 100 valence electrons. The molecule has 0 saturated heterocycles. The molecule has 3 N–H and O–H groups in total. The lowest BCUT2D eigenvalue weighted by atomic mass is 9.84. The van der Waals surface area contributed by atoms with Gasteiger partial charge in [-0.05, 0) is 59.8 Å². The van der Waals surface area contributed by atoms with Gasteiger partial charge in [-0.15, -0.1) is 11.3 Å². The van der Waals surface area contributed by atoms with Crippen LogP contribution in [0.3, 0.4) is 0 Å². The zero-order valence-corrected chi connectivity index (χ0v) is 12.9. The molecule has 5 heteroatoms. The van der Waals surface area contributed by atoms with Crippen molar-refractivity contribution in [2.45, 2.75) is 38.6 Å².